The first kappa shape index (κ1) is 16.1. The number of rotatable bonds is 4. The summed E-state index contributed by atoms with van der Waals surface area (Å²) in [6, 6.07) is 10.5. The number of piperidine rings is 1. The molecule has 1 amide bonds. The molecule has 1 aromatic carbocycles. The Morgan fingerprint density at radius 2 is 1.92 bits per heavy atom. The molecule has 4 heteroatoms. The van der Waals surface area contributed by atoms with E-state index < -0.39 is 0 Å². The van der Waals surface area contributed by atoms with E-state index in [0.29, 0.717) is 17.7 Å². The largest absolute Gasteiger partial charge is 0.379 e. The summed E-state index contributed by atoms with van der Waals surface area (Å²) in [4.78, 5) is 17.5. The number of nitrogens with zero attached hydrogens (tertiary/aromatic N) is 2. The normalized spacial score (nSPS) is 31.0. The molecule has 24 heavy (non-hydrogen) atoms. The monoisotopic (exact) mass is 328 g/mol. The van der Waals surface area contributed by atoms with Crippen LogP contribution in [0.4, 0.5) is 0 Å². The van der Waals surface area contributed by atoms with Crippen LogP contribution in [0.15, 0.2) is 30.3 Å². The predicted molar refractivity (Wildman–Crippen MR) is 93.9 cm³/mol. The van der Waals surface area contributed by atoms with Crippen molar-refractivity contribution in [1.82, 2.24) is 9.80 Å². The van der Waals surface area contributed by atoms with Crippen molar-refractivity contribution in [2.45, 2.75) is 25.2 Å². The van der Waals surface area contributed by atoms with Gasteiger partial charge in [0.05, 0.1) is 13.2 Å². The highest BCUT2D eigenvalue weighted by atomic mass is 16.5. The number of hydrogen-bond acceptors (Lipinski definition) is 3. The number of benzene rings is 1. The third-order valence-corrected chi connectivity index (χ3v) is 5.79. The van der Waals surface area contributed by atoms with E-state index in [1.54, 1.807) is 0 Å². The maximum absolute atomic E-state index is 12.9. The van der Waals surface area contributed by atoms with Gasteiger partial charge < -0.3 is 9.64 Å². The number of amides is 1. The molecule has 0 aromatic heterocycles. The van der Waals surface area contributed by atoms with Gasteiger partial charge in [-0.2, -0.15) is 0 Å². The lowest BCUT2D eigenvalue weighted by Gasteiger charge is -2.37. The maximum Gasteiger partial charge on any atom is 0.226 e. The van der Waals surface area contributed by atoms with Crippen molar-refractivity contribution in [2.75, 3.05) is 45.9 Å². The zero-order chi connectivity index (χ0) is 16.4. The summed E-state index contributed by atoms with van der Waals surface area (Å²) >= 11 is 0. The van der Waals surface area contributed by atoms with Gasteiger partial charge in [-0.05, 0) is 36.7 Å². The van der Waals surface area contributed by atoms with E-state index in [9.17, 15) is 4.79 Å². The van der Waals surface area contributed by atoms with E-state index in [2.05, 4.69) is 34.1 Å². The number of morpholine rings is 1. The fourth-order valence-corrected chi connectivity index (χ4v) is 4.33. The summed E-state index contributed by atoms with van der Waals surface area (Å²) in [5, 5.41) is 0. The quantitative estimate of drug-likeness (QED) is 0.851. The average Bonchev–Trinajstić information content (AvgIpc) is 3.44. The summed E-state index contributed by atoms with van der Waals surface area (Å²) in [7, 11) is 0. The minimum absolute atomic E-state index is 0.231. The van der Waals surface area contributed by atoms with Crippen LogP contribution in [0.1, 0.15) is 30.7 Å². The molecule has 2 aliphatic heterocycles. The van der Waals surface area contributed by atoms with Gasteiger partial charge in [0.1, 0.15) is 0 Å². The minimum atomic E-state index is 0.231. The van der Waals surface area contributed by atoms with Crippen LogP contribution in [0.3, 0.4) is 0 Å². The predicted octanol–water partition coefficient (Wildman–Crippen LogP) is 2.36. The second kappa shape index (κ2) is 7.24. The second-order valence-corrected chi connectivity index (χ2v) is 7.56. The average molecular weight is 328 g/mol. The van der Waals surface area contributed by atoms with Gasteiger partial charge in [0.25, 0.3) is 0 Å². The zero-order valence-electron chi connectivity index (χ0n) is 14.4. The molecule has 0 bridgehead atoms. The molecule has 0 radical (unpaired) electrons. The van der Waals surface area contributed by atoms with Crippen molar-refractivity contribution in [3.05, 3.63) is 35.9 Å². The number of hydrogen-bond donors (Lipinski definition) is 0. The minimum Gasteiger partial charge on any atom is -0.379 e. The molecule has 2 saturated heterocycles. The van der Waals surface area contributed by atoms with Gasteiger partial charge in [0.15, 0.2) is 0 Å². The van der Waals surface area contributed by atoms with Crippen molar-refractivity contribution >= 4 is 5.91 Å². The fourth-order valence-electron chi connectivity index (χ4n) is 4.33. The highest BCUT2D eigenvalue weighted by Gasteiger charge is 2.46. The topological polar surface area (TPSA) is 32.8 Å². The van der Waals surface area contributed by atoms with E-state index >= 15 is 0 Å². The van der Waals surface area contributed by atoms with Crippen LogP contribution in [-0.2, 0) is 9.53 Å². The molecule has 3 aliphatic rings. The molecule has 0 unspecified atom stereocenters. The van der Waals surface area contributed by atoms with Gasteiger partial charge >= 0.3 is 0 Å². The summed E-state index contributed by atoms with van der Waals surface area (Å²) in [6.45, 7) is 6.84. The van der Waals surface area contributed by atoms with Crippen molar-refractivity contribution < 1.29 is 9.53 Å². The smallest absolute Gasteiger partial charge is 0.226 e. The van der Waals surface area contributed by atoms with Crippen molar-refractivity contribution in [3.63, 3.8) is 0 Å². The summed E-state index contributed by atoms with van der Waals surface area (Å²) < 4.78 is 5.44. The van der Waals surface area contributed by atoms with E-state index in [1.165, 1.54) is 12.0 Å². The maximum atomic E-state index is 12.9. The molecule has 130 valence electrons. The Bertz CT molecular complexity index is 556. The third-order valence-electron chi connectivity index (χ3n) is 5.79. The van der Waals surface area contributed by atoms with Crippen molar-refractivity contribution in [3.8, 4) is 0 Å². The lowest BCUT2D eigenvalue weighted by atomic mass is 9.96. The van der Waals surface area contributed by atoms with Crippen LogP contribution in [0, 0.1) is 11.8 Å². The van der Waals surface area contributed by atoms with Crippen LogP contribution in [-0.4, -0.2) is 61.6 Å². The Kier molecular flexibility index (Phi) is 4.86. The molecule has 3 fully saturated rings. The van der Waals surface area contributed by atoms with Gasteiger partial charge in [-0.1, -0.05) is 30.3 Å². The summed E-state index contributed by atoms with van der Waals surface area (Å²) in [5.41, 5.74) is 1.33. The van der Waals surface area contributed by atoms with Crippen LogP contribution in [0.2, 0.25) is 0 Å². The molecule has 2 heterocycles. The summed E-state index contributed by atoms with van der Waals surface area (Å²) in [6.07, 6.45) is 3.45. The van der Waals surface area contributed by atoms with E-state index in [4.69, 9.17) is 4.74 Å². The van der Waals surface area contributed by atoms with E-state index in [0.717, 1.165) is 58.8 Å². The molecule has 4 nitrogen and oxygen atoms in total. The van der Waals surface area contributed by atoms with Crippen molar-refractivity contribution in [1.29, 1.82) is 0 Å². The summed E-state index contributed by atoms with van der Waals surface area (Å²) in [5.74, 6) is 1.72. The molecule has 0 spiro atoms. The molecule has 3 atom stereocenters. The highest BCUT2D eigenvalue weighted by molar-refractivity contribution is 5.83. The second-order valence-electron chi connectivity index (χ2n) is 7.56. The Morgan fingerprint density at radius 3 is 2.71 bits per heavy atom. The first-order valence-corrected chi connectivity index (χ1v) is 9.45. The highest BCUT2D eigenvalue weighted by Crippen LogP contribution is 2.48. The van der Waals surface area contributed by atoms with E-state index in [-0.39, 0.29) is 5.92 Å². The number of carbonyl (C=O) groups excluding carboxylic acids is 1. The zero-order valence-corrected chi connectivity index (χ0v) is 14.4. The molecule has 1 saturated carbocycles. The number of likely N-dealkylation sites (tertiary alicyclic amines) is 1. The standard InChI is InChI=1S/C20H28N2O2/c23-20(19-13-18(19)17-6-2-1-3-7-17)22-8-4-5-16(15-22)14-21-9-11-24-12-10-21/h1-3,6-7,16,18-19H,4-5,8-15H2/t16-,18-,19-/m1/s1. The van der Waals surface area contributed by atoms with Gasteiger partial charge in [0, 0.05) is 38.6 Å². The first-order valence-electron chi connectivity index (χ1n) is 9.45. The lowest BCUT2D eigenvalue weighted by molar-refractivity contribution is -0.134. The Hall–Kier alpha value is -1.39. The molecule has 1 aromatic rings. The van der Waals surface area contributed by atoms with Gasteiger partial charge in [-0.25, -0.2) is 0 Å². The van der Waals surface area contributed by atoms with E-state index in [1.807, 2.05) is 6.07 Å². The number of ether oxygens (including phenoxy) is 1. The molecular weight excluding hydrogens is 300 g/mol. The molecule has 0 N–H and O–H groups in total. The van der Waals surface area contributed by atoms with Gasteiger partial charge in [-0.15, -0.1) is 0 Å². The Morgan fingerprint density at radius 1 is 1.12 bits per heavy atom. The van der Waals surface area contributed by atoms with Crippen LogP contribution >= 0.6 is 0 Å². The molecular formula is C20H28N2O2. The van der Waals surface area contributed by atoms with Crippen LogP contribution in [0.5, 0.6) is 0 Å². The first-order chi connectivity index (χ1) is 11.8. The lowest BCUT2D eigenvalue weighted by Crippen LogP contribution is -2.46. The van der Waals surface area contributed by atoms with Gasteiger partial charge in [-0.3, -0.25) is 9.69 Å². The number of carbonyl (C=O) groups is 1. The van der Waals surface area contributed by atoms with Crippen LogP contribution < -0.4 is 0 Å². The fraction of sp³-hybridized carbons (Fsp3) is 0.650. The molecule has 4 rings (SSSR count). The Balaban J connectivity index is 1.30. The third kappa shape index (κ3) is 3.65. The van der Waals surface area contributed by atoms with Crippen LogP contribution in [0.25, 0.3) is 0 Å². The molecule has 1 aliphatic carbocycles. The Labute approximate surface area is 144 Å². The van der Waals surface area contributed by atoms with Crippen molar-refractivity contribution in [2.24, 2.45) is 11.8 Å². The SMILES string of the molecule is O=C([C@@H]1C[C@@H]1c1ccccc1)N1CCC[C@H](CN2CCOCC2)C1. The van der Waals surface area contributed by atoms with Gasteiger partial charge in [0.2, 0.25) is 5.91 Å².